The number of amides is 1. The van der Waals surface area contributed by atoms with Gasteiger partial charge in [0.15, 0.2) is 17.9 Å². The number of hydrogen-bond acceptors (Lipinski definition) is 16. The van der Waals surface area contributed by atoms with E-state index in [-0.39, 0.29) is 44.4 Å². The van der Waals surface area contributed by atoms with E-state index < -0.39 is 97.9 Å². The minimum atomic E-state index is -1.92. The van der Waals surface area contributed by atoms with Gasteiger partial charge in [-0.1, -0.05) is 0 Å². The Morgan fingerprint density at radius 1 is 1.09 bits per heavy atom. The van der Waals surface area contributed by atoms with Crippen LogP contribution in [-0.4, -0.2) is 165 Å². The number of aliphatic hydroxyl groups excluding tert-OH is 6. The second-order valence-corrected chi connectivity index (χ2v) is 12.1. The molecule has 1 amide bonds. The lowest BCUT2D eigenvalue weighted by Gasteiger charge is -2.44. The van der Waals surface area contributed by atoms with Crippen molar-refractivity contribution in [3.05, 3.63) is 0 Å². The van der Waals surface area contributed by atoms with Crippen LogP contribution in [0.5, 0.6) is 0 Å². The Labute approximate surface area is 261 Å². The predicted molar refractivity (Wildman–Crippen MR) is 158 cm³/mol. The first-order valence-corrected chi connectivity index (χ1v) is 15.2. The van der Waals surface area contributed by atoms with Crippen molar-refractivity contribution in [1.29, 1.82) is 0 Å². The summed E-state index contributed by atoms with van der Waals surface area (Å²) in [6, 6.07) is -3.70. The number of carbonyl (C=O) groups excluding carboxylic acids is 1. The zero-order valence-electron chi connectivity index (χ0n) is 25.2. The van der Waals surface area contributed by atoms with Crippen LogP contribution in [0.1, 0.15) is 32.1 Å². The Morgan fingerprint density at radius 2 is 1.80 bits per heavy atom. The Hall–Kier alpha value is -1.82. The minimum absolute atomic E-state index is 0.00569. The lowest BCUT2D eigenvalue weighted by Crippen LogP contribution is -2.65. The number of nitrogens with zero attached hydrogens (tertiary/aromatic N) is 1. The van der Waals surface area contributed by atoms with Gasteiger partial charge >= 0.3 is 0 Å². The fraction of sp³-hybridized carbons (Fsp3) is 0.923. The van der Waals surface area contributed by atoms with Crippen LogP contribution in [0.3, 0.4) is 0 Å². The smallest absolute Gasteiger partial charge is 0.254 e. The van der Waals surface area contributed by atoms with Gasteiger partial charge in [0.1, 0.15) is 24.4 Å². The Balaban J connectivity index is 1.81. The third-order valence-corrected chi connectivity index (χ3v) is 8.50. The van der Waals surface area contributed by atoms with Crippen LogP contribution < -0.4 is 39.3 Å². The molecule has 2 aliphatic heterocycles. The summed E-state index contributed by atoms with van der Waals surface area (Å²) in [6.07, 6.45) is -9.44. The van der Waals surface area contributed by atoms with E-state index >= 15 is 0 Å². The average Bonchev–Trinajstić information content (AvgIpc) is 3.65. The highest BCUT2D eigenvalue weighted by Gasteiger charge is 2.60. The quantitative estimate of drug-likeness (QED) is 0.0512. The average molecular weight is 653 g/mol. The lowest BCUT2D eigenvalue weighted by atomic mass is 9.91. The van der Waals surface area contributed by atoms with Gasteiger partial charge in [-0.3, -0.25) is 4.79 Å². The zero-order chi connectivity index (χ0) is 33.5. The van der Waals surface area contributed by atoms with Gasteiger partial charge in [-0.15, -0.1) is 0 Å². The molecule has 19 N–H and O–H groups in total. The molecule has 45 heavy (non-hydrogen) atoms. The second kappa shape index (κ2) is 16.8. The molecule has 3 fully saturated rings. The largest absolute Gasteiger partial charge is 0.394 e. The number of ether oxygens (including phenoxy) is 3. The monoisotopic (exact) mass is 652 g/mol. The van der Waals surface area contributed by atoms with Crippen molar-refractivity contribution in [1.82, 2.24) is 10.6 Å². The van der Waals surface area contributed by atoms with Gasteiger partial charge in [0.05, 0.1) is 55.8 Å². The molecule has 19 heteroatoms. The summed E-state index contributed by atoms with van der Waals surface area (Å²) in [5.74, 6) is -1.15. The molecule has 3 unspecified atom stereocenters. The Bertz CT molecular complexity index is 966. The van der Waals surface area contributed by atoms with Gasteiger partial charge in [-0.05, 0) is 25.8 Å². The van der Waals surface area contributed by atoms with E-state index in [2.05, 4.69) is 15.6 Å². The van der Waals surface area contributed by atoms with Gasteiger partial charge in [-0.25, -0.2) is 4.99 Å². The van der Waals surface area contributed by atoms with Crippen molar-refractivity contribution >= 4 is 11.9 Å². The van der Waals surface area contributed by atoms with Crippen LogP contribution in [0.15, 0.2) is 4.99 Å². The van der Waals surface area contributed by atoms with Crippen molar-refractivity contribution in [3.8, 4) is 0 Å². The standard InChI is InChI=1S/C26H52N8O11/c27-4-3-14(33-24(41)26(42)6-18(26)34-25(30)31)22(45-23-21(40)19(29)20(39)17(10-36)44-23)15(38)5-16-13(28)2-1-12(43-16)8-32-7-11(37)9-35/h11-23,32,35-40,42H,1-10,27-29H2,(H,33,41)(H4,30,31,34)/t11?,12-,13+,14+,15-,16+,17+,18?,19-,20+,21+,22-,23+,26?/m0/s1. The molecular formula is C26H52N8O11. The minimum Gasteiger partial charge on any atom is -0.394 e. The number of rotatable bonds is 17. The predicted octanol–water partition coefficient (Wildman–Crippen LogP) is -7.68. The number of nitrogens with one attached hydrogen (secondary N) is 2. The van der Waals surface area contributed by atoms with Gasteiger partial charge < -0.3 is 89.3 Å². The molecule has 0 aromatic rings. The van der Waals surface area contributed by atoms with Crippen LogP contribution in [0.4, 0.5) is 0 Å². The lowest BCUT2D eigenvalue weighted by molar-refractivity contribution is -0.299. The summed E-state index contributed by atoms with van der Waals surface area (Å²) in [7, 11) is 0. The highest BCUT2D eigenvalue weighted by atomic mass is 16.7. The molecule has 0 aromatic heterocycles. The van der Waals surface area contributed by atoms with Gasteiger partial charge in [0.2, 0.25) is 0 Å². The van der Waals surface area contributed by atoms with E-state index in [1.165, 1.54) is 0 Å². The molecular weight excluding hydrogens is 600 g/mol. The van der Waals surface area contributed by atoms with E-state index in [9.17, 15) is 35.4 Å². The number of carbonyl (C=O) groups is 1. The molecule has 2 heterocycles. The summed E-state index contributed by atoms with van der Waals surface area (Å²) in [5, 5.41) is 77.4. The third kappa shape index (κ3) is 9.84. The first-order valence-electron chi connectivity index (χ1n) is 15.2. The molecule has 1 saturated carbocycles. The van der Waals surface area contributed by atoms with E-state index in [0.717, 1.165) is 0 Å². The molecule has 3 rings (SSSR count). The fourth-order valence-electron chi connectivity index (χ4n) is 5.65. The highest BCUT2D eigenvalue weighted by molar-refractivity contribution is 5.90. The third-order valence-electron chi connectivity index (χ3n) is 8.50. The molecule has 0 bridgehead atoms. The molecule has 14 atom stereocenters. The van der Waals surface area contributed by atoms with E-state index in [1.54, 1.807) is 0 Å². The van der Waals surface area contributed by atoms with Crippen LogP contribution >= 0.6 is 0 Å². The molecule has 0 radical (unpaired) electrons. The molecule has 0 spiro atoms. The van der Waals surface area contributed by atoms with Gasteiger partial charge in [-0.2, -0.15) is 0 Å². The topological polar surface area (TPSA) is 353 Å². The maximum Gasteiger partial charge on any atom is 0.254 e. The number of nitrogens with two attached hydrogens (primary N) is 5. The summed E-state index contributed by atoms with van der Waals surface area (Å²) >= 11 is 0. The first-order chi connectivity index (χ1) is 21.2. The van der Waals surface area contributed by atoms with Crippen molar-refractivity contribution in [3.63, 3.8) is 0 Å². The molecule has 3 aliphatic rings. The summed E-state index contributed by atoms with van der Waals surface area (Å²) in [6.45, 7) is -0.534. The second-order valence-electron chi connectivity index (χ2n) is 12.1. The van der Waals surface area contributed by atoms with Crippen LogP contribution in [0.25, 0.3) is 0 Å². The van der Waals surface area contributed by atoms with Crippen LogP contribution in [0, 0.1) is 0 Å². The maximum atomic E-state index is 13.2. The normalized spacial score (nSPS) is 37.7. The van der Waals surface area contributed by atoms with Crippen LogP contribution in [-0.2, 0) is 19.0 Å². The molecule has 1 aliphatic carbocycles. The summed E-state index contributed by atoms with van der Waals surface area (Å²) in [5.41, 5.74) is 27.0. The number of aliphatic imine (C=N–C) groups is 1. The molecule has 2 saturated heterocycles. The molecule has 262 valence electrons. The van der Waals surface area contributed by atoms with E-state index in [4.69, 9.17) is 48.0 Å². The number of guanidine groups is 1. The van der Waals surface area contributed by atoms with Crippen molar-refractivity contribution < 1.29 is 54.8 Å². The number of hydrogen-bond donors (Lipinski definition) is 14. The number of aliphatic hydroxyl groups is 7. The summed E-state index contributed by atoms with van der Waals surface area (Å²) in [4.78, 5) is 17.0. The van der Waals surface area contributed by atoms with E-state index in [0.29, 0.717) is 19.4 Å². The van der Waals surface area contributed by atoms with Crippen molar-refractivity contribution in [2.45, 2.75) is 117 Å². The summed E-state index contributed by atoms with van der Waals surface area (Å²) < 4.78 is 17.8. The van der Waals surface area contributed by atoms with Gasteiger partial charge in [0.25, 0.3) is 5.91 Å². The van der Waals surface area contributed by atoms with Gasteiger partial charge in [0, 0.05) is 32.0 Å². The maximum absolute atomic E-state index is 13.2. The molecule has 19 nitrogen and oxygen atoms in total. The van der Waals surface area contributed by atoms with Crippen molar-refractivity contribution in [2.75, 3.05) is 32.8 Å². The van der Waals surface area contributed by atoms with Crippen molar-refractivity contribution in [2.24, 2.45) is 33.7 Å². The SMILES string of the molecule is NCC[C@@H](NC(=O)C1(O)CC1N=C(N)N)[C@H](O[C@H]1O[C@H](CO)[C@@H](O)[C@H](N)[C@H]1O)[C@@H](O)C[C@H]1O[C@H](CNCC(O)CO)CC[C@H]1N. The van der Waals surface area contributed by atoms with Crippen LogP contribution in [0.2, 0.25) is 0 Å². The Morgan fingerprint density at radius 3 is 2.42 bits per heavy atom. The highest BCUT2D eigenvalue weighted by Crippen LogP contribution is 2.39. The molecule has 0 aromatic carbocycles. The first kappa shape index (κ1) is 37.6. The fourth-order valence-corrected chi connectivity index (χ4v) is 5.65. The zero-order valence-corrected chi connectivity index (χ0v) is 25.2. The Kier molecular flexibility index (Phi) is 14.1. The van der Waals surface area contributed by atoms with E-state index in [1.807, 2.05) is 0 Å².